The molecule has 0 atom stereocenters. The third-order valence-corrected chi connectivity index (χ3v) is 8.09. The van der Waals surface area contributed by atoms with Gasteiger partial charge in [0.1, 0.15) is 0 Å². The van der Waals surface area contributed by atoms with Gasteiger partial charge >= 0.3 is 0 Å². The lowest BCUT2D eigenvalue weighted by Gasteiger charge is -2.55. The van der Waals surface area contributed by atoms with Crippen molar-refractivity contribution in [3.8, 4) is 0 Å². The maximum Gasteiger partial charge on any atom is 0.230 e. The van der Waals surface area contributed by atoms with Gasteiger partial charge < -0.3 is 5.32 Å². The predicted octanol–water partition coefficient (Wildman–Crippen LogP) is 4.28. The van der Waals surface area contributed by atoms with Gasteiger partial charge in [0.15, 0.2) is 0 Å². The number of benzene rings is 1. The van der Waals surface area contributed by atoms with Crippen molar-refractivity contribution >= 4 is 39.3 Å². The molecule has 0 aliphatic heterocycles. The number of hydrogen-bond acceptors (Lipinski definition) is 5. The molecule has 4 bridgehead atoms. The highest BCUT2D eigenvalue weighted by atomic mass is 79.9. The van der Waals surface area contributed by atoms with Crippen LogP contribution < -0.4 is 5.32 Å². The molecule has 142 valence electrons. The largest absolute Gasteiger partial charge is 0.325 e. The molecule has 0 radical (unpaired) electrons. The first kappa shape index (κ1) is 17.7. The van der Waals surface area contributed by atoms with Gasteiger partial charge in [-0.05, 0) is 96.7 Å². The van der Waals surface area contributed by atoms with Crippen molar-refractivity contribution in [3.63, 3.8) is 0 Å². The Morgan fingerprint density at radius 2 is 1.89 bits per heavy atom. The molecule has 1 heterocycles. The zero-order valence-electron chi connectivity index (χ0n) is 15.2. The highest BCUT2D eigenvalue weighted by Crippen LogP contribution is 2.60. The smallest absolute Gasteiger partial charge is 0.230 e. The summed E-state index contributed by atoms with van der Waals surface area (Å²) in [4.78, 5) is 14.4. The average Bonchev–Trinajstić information content (AvgIpc) is 3.01. The van der Waals surface area contributed by atoms with E-state index in [0.29, 0.717) is 5.16 Å². The van der Waals surface area contributed by atoms with Crippen molar-refractivity contribution in [2.24, 2.45) is 30.2 Å². The number of hydrogen-bond donors (Lipinski definition) is 1. The number of carbonyl (C=O) groups is 1. The van der Waals surface area contributed by atoms with E-state index in [0.717, 1.165) is 52.1 Å². The van der Waals surface area contributed by atoms with Crippen molar-refractivity contribution < 1.29 is 4.79 Å². The zero-order chi connectivity index (χ0) is 18.6. The minimum atomic E-state index is -0.161. The molecule has 4 aliphatic carbocycles. The third-order valence-electron chi connectivity index (χ3n) is 6.49. The summed E-state index contributed by atoms with van der Waals surface area (Å²) in [6.07, 6.45) is 7.20. The van der Waals surface area contributed by atoms with Crippen LogP contribution in [0.1, 0.15) is 38.5 Å². The lowest BCUT2D eigenvalue weighted by atomic mass is 9.49. The Morgan fingerprint density at radius 3 is 2.48 bits per heavy atom. The van der Waals surface area contributed by atoms with Crippen LogP contribution in [0, 0.1) is 23.2 Å². The fourth-order valence-electron chi connectivity index (χ4n) is 5.74. The second-order valence-corrected chi connectivity index (χ2v) is 10.4. The Balaban J connectivity index is 1.41. The molecule has 6 rings (SSSR count). The average molecular weight is 448 g/mol. The molecule has 0 spiro atoms. The molecule has 2 aromatic rings. The van der Waals surface area contributed by atoms with Gasteiger partial charge in [-0.2, -0.15) is 0 Å². The van der Waals surface area contributed by atoms with Crippen LogP contribution in [0.25, 0.3) is 0 Å². The van der Waals surface area contributed by atoms with E-state index in [1.807, 2.05) is 25.2 Å². The Labute approximate surface area is 171 Å². The van der Waals surface area contributed by atoms with E-state index >= 15 is 0 Å². The van der Waals surface area contributed by atoms with E-state index in [1.165, 1.54) is 31.0 Å². The Bertz CT molecular complexity index is 863. The lowest BCUT2D eigenvalue weighted by molar-refractivity contribution is -0.140. The van der Waals surface area contributed by atoms with Crippen molar-refractivity contribution in [2.45, 2.75) is 48.6 Å². The summed E-state index contributed by atoms with van der Waals surface area (Å²) >= 11 is 5.00. The molecule has 1 amide bonds. The summed E-state index contributed by atoms with van der Waals surface area (Å²) in [6.45, 7) is 0. The van der Waals surface area contributed by atoms with E-state index in [-0.39, 0.29) is 11.3 Å². The van der Waals surface area contributed by atoms with Crippen molar-refractivity contribution in [2.75, 3.05) is 5.32 Å². The number of anilines is 1. The molecule has 0 saturated heterocycles. The number of nitrogens with zero attached hydrogens (tertiary/aromatic N) is 4. The first-order chi connectivity index (χ1) is 13.0. The SMILES string of the molecule is Cn1nnnc1Sc1ccc(Br)cc1NC(=O)C12CC3CC(CC(C3)C1)C2. The van der Waals surface area contributed by atoms with Gasteiger partial charge in [0.05, 0.1) is 11.1 Å². The second-order valence-electron chi connectivity index (χ2n) is 8.48. The standard InChI is InChI=1S/C19H22BrN5OS/c1-25-18(22-23-24-25)27-16-3-2-14(20)7-15(16)21-17(26)19-8-11-4-12(9-19)6-13(5-11)10-19/h2-3,7,11-13H,4-6,8-10H2,1H3,(H,21,26). The molecular weight excluding hydrogens is 426 g/mol. The van der Waals surface area contributed by atoms with Crippen LogP contribution in [0.3, 0.4) is 0 Å². The van der Waals surface area contributed by atoms with Crippen molar-refractivity contribution in [1.82, 2.24) is 20.2 Å². The van der Waals surface area contributed by atoms with Crippen LogP contribution >= 0.6 is 27.7 Å². The third kappa shape index (κ3) is 3.20. The first-order valence-corrected chi connectivity index (χ1v) is 11.1. The molecule has 8 heteroatoms. The van der Waals surface area contributed by atoms with Crippen LogP contribution in [0.15, 0.2) is 32.7 Å². The van der Waals surface area contributed by atoms with Gasteiger partial charge in [0, 0.05) is 16.4 Å². The molecular formula is C19H22BrN5OS. The fourth-order valence-corrected chi connectivity index (χ4v) is 6.90. The Hall–Kier alpha value is -1.41. The summed E-state index contributed by atoms with van der Waals surface area (Å²) in [5, 5.41) is 15.6. The molecule has 27 heavy (non-hydrogen) atoms. The minimum absolute atomic E-state index is 0.161. The zero-order valence-corrected chi connectivity index (χ0v) is 17.6. The van der Waals surface area contributed by atoms with Gasteiger partial charge in [0.25, 0.3) is 0 Å². The van der Waals surface area contributed by atoms with Crippen molar-refractivity contribution in [1.29, 1.82) is 0 Å². The van der Waals surface area contributed by atoms with E-state index in [1.54, 1.807) is 4.68 Å². The molecule has 1 aromatic carbocycles. The van der Waals surface area contributed by atoms with E-state index in [9.17, 15) is 4.79 Å². The Kier molecular flexibility index (Phi) is 4.31. The predicted molar refractivity (Wildman–Crippen MR) is 106 cm³/mol. The van der Waals surface area contributed by atoms with Crippen LogP contribution in [0.5, 0.6) is 0 Å². The van der Waals surface area contributed by atoms with E-state index in [2.05, 4.69) is 36.8 Å². The summed E-state index contributed by atoms with van der Waals surface area (Å²) in [7, 11) is 1.81. The number of halogens is 1. The van der Waals surface area contributed by atoms with E-state index in [4.69, 9.17) is 0 Å². The normalized spacial score (nSPS) is 31.3. The summed E-state index contributed by atoms with van der Waals surface area (Å²) in [5.41, 5.74) is 0.670. The monoisotopic (exact) mass is 447 g/mol. The summed E-state index contributed by atoms with van der Waals surface area (Å²) < 4.78 is 2.58. The number of aromatic nitrogens is 4. The van der Waals surface area contributed by atoms with Gasteiger partial charge in [-0.15, -0.1) is 5.10 Å². The van der Waals surface area contributed by atoms with Gasteiger partial charge in [-0.25, -0.2) is 4.68 Å². The van der Waals surface area contributed by atoms with Crippen LogP contribution in [-0.2, 0) is 11.8 Å². The van der Waals surface area contributed by atoms with Gasteiger partial charge in [-0.1, -0.05) is 15.9 Å². The van der Waals surface area contributed by atoms with Crippen LogP contribution in [0.2, 0.25) is 0 Å². The number of carbonyl (C=O) groups excluding carboxylic acids is 1. The second kappa shape index (κ2) is 6.58. The number of tetrazole rings is 1. The van der Waals surface area contributed by atoms with Gasteiger partial charge in [-0.3, -0.25) is 4.79 Å². The van der Waals surface area contributed by atoms with Gasteiger partial charge in [0.2, 0.25) is 11.1 Å². The maximum absolute atomic E-state index is 13.4. The molecule has 6 nitrogen and oxygen atoms in total. The minimum Gasteiger partial charge on any atom is -0.325 e. The van der Waals surface area contributed by atoms with Crippen LogP contribution in [-0.4, -0.2) is 26.1 Å². The first-order valence-electron chi connectivity index (χ1n) is 9.52. The molecule has 4 fully saturated rings. The fraction of sp³-hybridized carbons (Fsp3) is 0.579. The maximum atomic E-state index is 13.4. The Morgan fingerprint density at radius 1 is 1.22 bits per heavy atom. The highest BCUT2D eigenvalue weighted by molar-refractivity contribution is 9.10. The topological polar surface area (TPSA) is 72.7 Å². The van der Waals surface area contributed by atoms with Crippen LogP contribution in [0.4, 0.5) is 5.69 Å². The molecule has 1 N–H and O–H groups in total. The van der Waals surface area contributed by atoms with E-state index < -0.39 is 0 Å². The summed E-state index contributed by atoms with van der Waals surface area (Å²) in [5.74, 6) is 2.46. The highest BCUT2D eigenvalue weighted by Gasteiger charge is 2.54. The number of aryl methyl sites for hydroxylation is 1. The number of nitrogens with one attached hydrogen (secondary N) is 1. The quantitative estimate of drug-likeness (QED) is 0.756. The molecule has 4 aliphatic rings. The lowest BCUT2D eigenvalue weighted by Crippen LogP contribution is -2.51. The summed E-state index contributed by atoms with van der Waals surface area (Å²) in [6, 6.07) is 5.95. The molecule has 4 saturated carbocycles. The van der Waals surface area contributed by atoms with Crippen molar-refractivity contribution in [3.05, 3.63) is 22.7 Å². The number of amides is 1. The molecule has 1 aromatic heterocycles. The molecule has 0 unspecified atom stereocenters. The number of rotatable bonds is 4.